The maximum atomic E-state index is 10.6. The lowest BCUT2D eigenvalue weighted by Gasteiger charge is -2.22. The van der Waals surface area contributed by atoms with Gasteiger partial charge in [-0.05, 0) is 80.8 Å². The van der Waals surface area contributed by atoms with Gasteiger partial charge in [0.2, 0.25) is 0 Å². The van der Waals surface area contributed by atoms with E-state index in [1.165, 1.54) is 0 Å². The maximum Gasteiger partial charge on any atom is 0.404 e. The summed E-state index contributed by atoms with van der Waals surface area (Å²) in [5.41, 5.74) is 8.70. The molecule has 0 bridgehead atoms. The topological polar surface area (TPSA) is 92.9 Å². The molecule has 2 aliphatic carbocycles. The second-order valence-electron chi connectivity index (χ2n) is 9.85. The van der Waals surface area contributed by atoms with E-state index in [9.17, 15) is 4.79 Å². The van der Waals surface area contributed by atoms with Gasteiger partial charge in [-0.15, -0.1) is 0 Å². The van der Waals surface area contributed by atoms with Crippen LogP contribution in [0, 0.1) is 0 Å². The molecule has 38 heavy (non-hydrogen) atoms. The van der Waals surface area contributed by atoms with Crippen molar-refractivity contribution < 1.29 is 23.7 Å². The lowest BCUT2D eigenvalue weighted by molar-refractivity contribution is 0.0173. The number of rotatable bonds is 14. The number of unbranched alkanes of at least 4 members (excludes halogenated alkanes) is 2. The van der Waals surface area contributed by atoms with Gasteiger partial charge in [-0.2, -0.15) is 0 Å². The van der Waals surface area contributed by atoms with Crippen LogP contribution in [-0.2, 0) is 21.7 Å². The third kappa shape index (κ3) is 6.77. The van der Waals surface area contributed by atoms with E-state index in [4.69, 9.17) is 36.3 Å². The van der Waals surface area contributed by atoms with Gasteiger partial charge in [0.05, 0.1) is 31.5 Å². The van der Waals surface area contributed by atoms with Crippen molar-refractivity contribution in [1.29, 1.82) is 0 Å². The molecule has 8 heteroatoms. The van der Waals surface area contributed by atoms with E-state index in [0.29, 0.717) is 30.9 Å². The number of nitrogens with zero attached hydrogens (tertiary/aromatic N) is 1. The average molecular weight is 537 g/mol. The summed E-state index contributed by atoms with van der Waals surface area (Å²) in [6, 6.07) is 15.9. The first kappa shape index (κ1) is 26.3. The van der Waals surface area contributed by atoms with Crippen molar-refractivity contribution in [3.8, 4) is 22.6 Å². The number of amides is 1. The molecule has 0 saturated heterocycles. The predicted molar refractivity (Wildman–Crippen MR) is 145 cm³/mol. The minimum absolute atomic E-state index is 0.319. The summed E-state index contributed by atoms with van der Waals surface area (Å²) in [6.07, 6.45) is 9.86. The van der Waals surface area contributed by atoms with Crippen LogP contribution in [0.3, 0.4) is 0 Å². The molecule has 2 N–H and O–H groups in total. The zero-order valence-corrected chi connectivity index (χ0v) is 22.1. The Labute approximate surface area is 228 Å². The lowest BCUT2D eigenvalue weighted by atomic mass is 9.96. The van der Waals surface area contributed by atoms with Crippen LogP contribution in [0.4, 0.5) is 4.79 Å². The lowest BCUT2D eigenvalue weighted by Crippen LogP contribution is -2.14. The van der Waals surface area contributed by atoms with Gasteiger partial charge in [-0.3, -0.25) is 4.98 Å². The Hall–Kier alpha value is -3.29. The van der Waals surface area contributed by atoms with E-state index in [-0.39, 0.29) is 0 Å². The quantitative estimate of drug-likeness (QED) is 0.228. The van der Waals surface area contributed by atoms with Crippen LogP contribution in [-0.4, -0.2) is 30.4 Å². The fraction of sp³-hybridized carbons (Fsp3) is 0.400. The number of halogens is 1. The number of pyridine rings is 1. The van der Waals surface area contributed by atoms with Crippen molar-refractivity contribution in [1.82, 2.24) is 4.98 Å². The maximum absolute atomic E-state index is 10.6. The monoisotopic (exact) mass is 536 g/mol. The van der Waals surface area contributed by atoms with E-state index >= 15 is 0 Å². The number of carbonyl (C=O) groups excluding carboxylic acids is 1. The summed E-state index contributed by atoms with van der Waals surface area (Å²) in [4.78, 5) is 15.0. The molecule has 3 aromatic rings. The largest absolute Gasteiger partial charge is 0.494 e. The molecule has 0 aliphatic heterocycles. The number of aromatic nitrogens is 1. The SMILES string of the molecule is NC(=O)OCCCCCOc1ccc(Cl)c(COC2(c3cnccc3-c3ccccc3OC3CC3)CC2)c1. The molecule has 0 atom stereocenters. The second-order valence-corrected chi connectivity index (χ2v) is 10.3. The highest BCUT2D eigenvalue weighted by molar-refractivity contribution is 6.31. The van der Waals surface area contributed by atoms with Crippen LogP contribution in [0.2, 0.25) is 5.02 Å². The Kier molecular flexibility index (Phi) is 8.35. The third-order valence-electron chi connectivity index (χ3n) is 6.83. The van der Waals surface area contributed by atoms with Gasteiger partial charge in [0.25, 0.3) is 0 Å². The Morgan fingerprint density at radius 3 is 2.63 bits per heavy atom. The zero-order chi connectivity index (χ0) is 26.4. The Bertz CT molecular complexity index is 1260. The Morgan fingerprint density at radius 1 is 1.03 bits per heavy atom. The van der Waals surface area contributed by atoms with Gasteiger partial charge in [0.1, 0.15) is 11.5 Å². The molecule has 200 valence electrons. The second kappa shape index (κ2) is 12.0. The van der Waals surface area contributed by atoms with Crippen LogP contribution in [0.5, 0.6) is 11.5 Å². The Morgan fingerprint density at radius 2 is 1.84 bits per heavy atom. The minimum Gasteiger partial charge on any atom is -0.494 e. The fourth-order valence-corrected chi connectivity index (χ4v) is 4.64. The van der Waals surface area contributed by atoms with E-state index in [1.54, 1.807) is 0 Å². The molecule has 2 saturated carbocycles. The molecular weight excluding hydrogens is 504 g/mol. The molecule has 0 unspecified atom stereocenters. The number of hydrogen-bond acceptors (Lipinski definition) is 6. The number of hydrogen-bond donors (Lipinski definition) is 1. The highest BCUT2D eigenvalue weighted by Gasteiger charge is 2.47. The van der Waals surface area contributed by atoms with Gasteiger partial charge in [-0.25, -0.2) is 4.79 Å². The molecule has 7 nitrogen and oxygen atoms in total. The molecule has 1 amide bonds. The van der Waals surface area contributed by atoms with E-state index in [2.05, 4.69) is 17.1 Å². The summed E-state index contributed by atoms with van der Waals surface area (Å²) in [5, 5.41) is 0.645. The van der Waals surface area contributed by atoms with Crippen molar-refractivity contribution in [2.45, 2.75) is 63.3 Å². The minimum atomic E-state index is -0.739. The van der Waals surface area contributed by atoms with Crippen molar-refractivity contribution in [2.24, 2.45) is 5.73 Å². The Balaban J connectivity index is 1.22. The molecule has 5 rings (SSSR count). The van der Waals surface area contributed by atoms with Gasteiger partial charge < -0.3 is 24.7 Å². The third-order valence-corrected chi connectivity index (χ3v) is 7.20. The standard InChI is InChI=1S/C30H33ClN2O5/c31-27-11-10-23(35-16-4-1-5-17-36-29(32)34)18-21(27)20-37-30(13-14-30)26-19-33-15-12-24(26)25-6-2-3-7-28(25)38-22-8-9-22/h2-3,6-7,10-12,15,18-19,22H,1,4-5,8-9,13-14,16-17,20H2,(H2,32,34). The molecule has 2 aliphatic rings. The normalized spacial score (nSPS) is 15.6. The summed E-state index contributed by atoms with van der Waals surface area (Å²) in [6.45, 7) is 1.26. The number of primary amides is 1. The highest BCUT2D eigenvalue weighted by Crippen LogP contribution is 2.53. The van der Waals surface area contributed by atoms with E-state index in [1.807, 2.05) is 48.8 Å². The van der Waals surface area contributed by atoms with Crippen molar-refractivity contribution in [3.05, 3.63) is 77.1 Å². The molecule has 1 heterocycles. The summed E-state index contributed by atoms with van der Waals surface area (Å²) in [7, 11) is 0. The number of benzene rings is 2. The summed E-state index contributed by atoms with van der Waals surface area (Å²) in [5.74, 6) is 1.66. The number of ether oxygens (including phenoxy) is 4. The average Bonchev–Trinajstić information content (AvgIpc) is 3.86. The smallest absolute Gasteiger partial charge is 0.404 e. The molecular formula is C30H33ClN2O5. The van der Waals surface area contributed by atoms with E-state index < -0.39 is 11.7 Å². The number of carbonyl (C=O) groups is 1. The fourth-order valence-electron chi connectivity index (χ4n) is 4.47. The van der Waals surface area contributed by atoms with Crippen LogP contribution < -0.4 is 15.2 Å². The van der Waals surface area contributed by atoms with Crippen LogP contribution >= 0.6 is 11.6 Å². The molecule has 2 fully saturated rings. The zero-order valence-electron chi connectivity index (χ0n) is 21.4. The predicted octanol–water partition coefficient (Wildman–Crippen LogP) is 6.79. The van der Waals surface area contributed by atoms with Gasteiger partial charge in [0.15, 0.2) is 0 Å². The molecule has 0 spiro atoms. The molecule has 2 aromatic carbocycles. The van der Waals surface area contributed by atoms with Crippen LogP contribution in [0.25, 0.3) is 11.1 Å². The van der Waals surface area contributed by atoms with Crippen LogP contribution in [0.1, 0.15) is 56.1 Å². The van der Waals surface area contributed by atoms with E-state index in [0.717, 1.165) is 78.7 Å². The highest BCUT2D eigenvalue weighted by atomic mass is 35.5. The molecule has 0 radical (unpaired) electrons. The first-order valence-corrected chi connectivity index (χ1v) is 13.6. The van der Waals surface area contributed by atoms with Gasteiger partial charge in [-0.1, -0.05) is 29.8 Å². The van der Waals surface area contributed by atoms with Crippen molar-refractivity contribution >= 4 is 17.7 Å². The van der Waals surface area contributed by atoms with Crippen molar-refractivity contribution in [2.75, 3.05) is 13.2 Å². The van der Waals surface area contributed by atoms with Crippen molar-refractivity contribution in [3.63, 3.8) is 0 Å². The molecule has 1 aromatic heterocycles. The first-order valence-electron chi connectivity index (χ1n) is 13.2. The first-order chi connectivity index (χ1) is 18.5. The van der Waals surface area contributed by atoms with Gasteiger partial charge >= 0.3 is 6.09 Å². The van der Waals surface area contributed by atoms with Gasteiger partial charge in [0, 0.05) is 34.1 Å². The summed E-state index contributed by atoms with van der Waals surface area (Å²) < 4.78 is 23.4. The number of nitrogens with two attached hydrogens (primary N) is 1. The number of para-hydroxylation sites is 1. The van der Waals surface area contributed by atoms with Crippen LogP contribution in [0.15, 0.2) is 60.9 Å². The summed E-state index contributed by atoms with van der Waals surface area (Å²) >= 11 is 6.52.